The molecule has 0 unspecified atom stereocenters. The fourth-order valence-electron chi connectivity index (χ4n) is 1.57. The third-order valence-electron chi connectivity index (χ3n) is 2.71. The van der Waals surface area contributed by atoms with Gasteiger partial charge in [0.2, 0.25) is 0 Å². The molecule has 0 amide bonds. The van der Waals surface area contributed by atoms with Crippen LogP contribution < -0.4 is 5.73 Å². The van der Waals surface area contributed by atoms with E-state index >= 15 is 0 Å². The number of nitrogens with zero attached hydrogens (tertiary/aromatic N) is 1. The maximum atomic E-state index is 11.8. The summed E-state index contributed by atoms with van der Waals surface area (Å²) in [6.07, 6.45) is 0.643. The molecular weight excluding hydrogens is 268 g/mol. The van der Waals surface area contributed by atoms with Crippen LogP contribution in [0.5, 0.6) is 0 Å². The SMILES string of the molecule is CC(C)CN(CCC(N)=S)CCS(=O)(=O)C(C)C. The van der Waals surface area contributed by atoms with Crippen LogP contribution in [0, 0.1) is 5.92 Å². The van der Waals surface area contributed by atoms with Crippen LogP contribution in [0.1, 0.15) is 34.1 Å². The predicted molar refractivity (Wildman–Crippen MR) is 81.6 cm³/mol. The highest BCUT2D eigenvalue weighted by atomic mass is 32.2. The van der Waals surface area contributed by atoms with E-state index in [-0.39, 0.29) is 11.0 Å². The number of sulfone groups is 1. The summed E-state index contributed by atoms with van der Waals surface area (Å²) in [4.78, 5) is 2.61. The van der Waals surface area contributed by atoms with Crippen molar-refractivity contribution in [2.45, 2.75) is 39.4 Å². The molecular formula is C12H26N2O2S2. The summed E-state index contributed by atoms with van der Waals surface area (Å²) in [6.45, 7) is 9.84. The molecule has 108 valence electrons. The van der Waals surface area contributed by atoms with E-state index in [1.807, 2.05) is 0 Å². The number of thiocarbonyl (C=S) groups is 1. The lowest BCUT2D eigenvalue weighted by molar-refractivity contribution is 0.264. The van der Waals surface area contributed by atoms with Crippen LogP contribution in [0.2, 0.25) is 0 Å². The first-order chi connectivity index (χ1) is 8.15. The number of hydrogen-bond donors (Lipinski definition) is 1. The lowest BCUT2D eigenvalue weighted by atomic mass is 10.2. The Bertz CT molecular complexity index is 351. The van der Waals surface area contributed by atoms with Crippen LogP contribution in [0.25, 0.3) is 0 Å². The smallest absolute Gasteiger partial charge is 0.153 e. The molecule has 0 radical (unpaired) electrons. The van der Waals surface area contributed by atoms with Crippen LogP contribution in [0.3, 0.4) is 0 Å². The normalized spacial score (nSPS) is 12.6. The molecule has 0 aliphatic rings. The molecule has 0 saturated carbocycles. The average Bonchev–Trinajstić information content (AvgIpc) is 2.21. The van der Waals surface area contributed by atoms with Crippen molar-refractivity contribution in [1.82, 2.24) is 4.90 Å². The molecule has 0 aromatic rings. The Balaban J connectivity index is 4.36. The zero-order valence-electron chi connectivity index (χ0n) is 11.8. The van der Waals surface area contributed by atoms with Gasteiger partial charge in [-0.25, -0.2) is 8.42 Å². The molecule has 6 heteroatoms. The molecule has 0 atom stereocenters. The van der Waals surface area contributed by atoms with Gasteiger partial charge in [-0.3, -0.25) is 0 Å². The summed E-state index contributed by atoms with van der Waals surface area (Å²) in [7, 11) is -2.97. The summed E-state index contributed by atoms with van der Waals surface area (Å²) in [5, 5.41) is -0.311. The van der Waals surface area contributed by atoms with E-state index in [0.717, 1.165) is 13.1 Å². The summed E-state index contributed by atoms with van der Waals surface area (Å²) >= 11 is 4.86. The van der Waals surface area contributed by atoms with Gasteiger partial charge in [-0.15, -0.1) is 0 Å². The Morgan fingerprint density at radius 2 is 1.78 bits per heavy atom. The van der Waals surface area contributed by atoms with Gasteiger partial charge in [0.1, 0.15) is 0 Å². The molecule has 0 aromatic heterocycles. The van der Waals surface area contributed by atoms with Gasteiger partial charge in [-0.2, -0.15) is 0 Å². The molecule has 0 rings (SSSR count). The van der Waals surface area contributed by atoms with E-state index in [9.17, 15) is 8.42 Å². The second-order valence-electron chi connectivity index (χ2n) is 5.33. The molecule has 0 heterocycles. The van der Waals surface area contributed by atoms with Crippen molar-refractivity contribution in [2.75, 3.05) is 25.4 Å². The predicted octanol–water partition coefficient (Wildman–Crippen LogP) is 1.44. The first-order valence-corrected chi connectivity index (χ1v) is 8.49. The second-order valence-corrected chi connectivity index (χ2v) is 8.53. The maximum absolute atomic E-state index is 11.8. The van der Waals surface area contributed by atoms with Gasteiger partial charge in [0, 0.05) is 26.1 Å². The number of hydrogen-bond acceptors (Lipinski definition) is 4. The average molecular weight is 294 g/mol. The fourth-order valence-corrected chi connectivity index (χ4v) is 2.65. The van der Waals surface area contributed by atoms with Gasteiger partial charge < -0.3 is 10.6 Å². The minimum atomic E-state index is -2.97. The Kier molecular flexibility index (Phi) is 7.98. The molecule has 0 spiro atoms. The summed E-state index contributed by atoms with van der Waals surface area (Å²) in [5.74, 6) is 0.701. The van der Waals surface area contributed by atoms with Gasteiger partial charge in [0.25, 0.3) is 0 Å². The van der Waals surface area contributed by atoms with Crippen LogP contribution in [-0.4, -0.2) is 48.9 Å². The van der Waals surface area contributed by atoms with E-state index in [0.29, 0.717) is 23.9 Å². The molecule has 0 aliphatic heterocycles. The van der Waals surface area contributed by atoms with Crippen LogP contribution in [0.15, 0.2) is 0 Å². The molecule has 4 nitrogen and oxygen atoms in total. The van der Waals surface area contributed by atoms with Gasteiger partial charge in [-0.05, 0) is 19.8 Å². The fraction of sp³-hybridized carbons (Fsp3) is 0.917. The number of nitrogens with two attached hydrogens (primary N) is 1. The topological polar surface area (TPSA) is 63.4 Å². The Morgan fingerprint density at radius 1 is 1.22 bits per heavy atom. The molecule has 0 aliphatic carbocycles. The Labute approximate surface area is 117 Å². The van der Waals surface area contributed by atoms with Gasteiger partial charge in [0.05, 0.1) is 16.0 Å². The van der Waals surface area contributed by atoms with Crippen LogP contribution in [0.4, 0.5) is 0 Å². The third-order valence-corrected chi connectivity index (χ3v) is 5.10. The zero-order valence-corrected chi connectivity index (χ0v) is 13.5. The van der Waals surface area contributed by atoms with E-state index in [2.05, 4.69) is 18.7 Å². The van der Waals surface area contributed by atoms with E-state index in [1.165, 1.54) is 0 Å². The standard InChI is InChI=1S/C12H26N2O2S2/c1-10(2)9-14(6-5-12(13)17)7-8-18(15,16)11(3)4/h10-11H,5-9H2,1-4H3,(H2,13,17). The minimum Gasteiger partial charge on any atom is -0.393 e. The van der Waals surface area contributed by atoms with Crippen molar-refractivity contribution in [2.24, 2.45) is 11.7 Å². The maximum Gasteiger partial charge on any atom is 0.153 e. The molecule has 0 aromatic carbocycles. The van der Waals surface area contributed by atoms with Crippen molar-refractivity contribution >= 4 is 27.0 Å². The molecule has 2 N–H and O–H groups in total. The van der Waals surface area contributed by atoms with Crippen LogP contribution in [-0.2, 0) is 9.84 Å². The van der Waals surface area contributed by atoms with E-state index in [1.54, 1.807) is 13.8 Å². The van der Waals surface area contributed by atoms with Gasteiger partial charge in [-0.1, -0.05) is 26.1 Å². The summed E-state index contributed by atoms with van der Waals surface area (Å²) in [5.41, 5.74) is 5.49. The lowest BCUT2D eigenvalue weighted by Crippen LogP contribution is -2.36. The molecule has 0 fully saturated rings. The summed E-state index contributed by atoms with van der Waals surface area (Å²) < 4.78 is 23.6. The van der Waals surface area contributed by atoms with E-state index < -0.39 is 9.84 Å². The van der Waals surface area contributed by atoms with Crippen molar-refractivity contribution < 1.29 is 8.42 Å². The van der Waals surface area contributed by atoms with Crippen LogP contribution >= 0.6 is 12.2 Å². The van der Waals surface area contributed by atoms with Crippen molar-refractivity contribution in [1.29, 1.82) is 0 Å². The number of rotatable bonds is 9. The largest absolute Gasteiger partial charge is 0.393 e. The van der Waals surface area contributed by atoms with Crippen molar-refractivity contribution in [3.8, 4) is 0 Å². The third kappa shape index (κ3) is 8.00. The highest BCUT2D eigenvalue weighted by molar-refractivity contribution is 7.92. The molecule has 0 bridgehead atoms. The van der Waals surface area contributed by atoms with Crippen molar-refractivity contribution in [3.63, 3.8) is 0 Å². The van der Waals surface area contributed by atoms with Crippen molar-refractivity contribution in [3.05, 3.63) is 0 Å². The Hall–Kier alpha value is -0.200. The Morgan fingerprint density at radius 3 is 2.17 bits per heavy atom. The quantitative estimate of drug-likeness (QED) is 0.652. The van der Waals surface area contributed by atoms with Gasteiger partial charge in [0.15, 0.2) is 9.84 Å². The highest BCUT2D eigenvalue weighted by Crippen LogP contribution is 2.05. The second kappa shape index (κ2) is 8.07. The monoisotopic (exact) mass is 294 g/mol. The minimum absolute atomic E-state index is 0.203. The van der Waals surface area contributed by atoms with Gasteiger partial charge >= 0.3 is 0 Å². The highest BCUT2D eigenvalue weighted by Gasteiger charge is 2.18. The first-order valence-electron chi connectivity index (χ1n) is 6.37. The van der Waals surface area contributed by atoms with E-state index in [4.69, 9.17) is 18.0 Å². The summed E-state index contributed by atoms with van der Waals surface area (Å²) in [6, 6.07) is 0. The lowest BCUT2D eigenvalue weighted by Gasteiger charge is -2.24. The zero-order chi connectivity index (χ0) is 14.3. The molecule has 0 saturated heterocycles. The first kappa shape index (κ1) is 17.8. The molecule has 18 heavy (non-hydrogen) atoms.